The number of nitrogens with zero attached hydrogens (tertiary/aromatic N) is 4. The molecule has 3 rings (SSSR count). The van der Waals surface area contributed by atoms with Crippen molar-refractivity contribution >= 4 is 21.2 Å². The summed E-state index contributed by atoms with van der Waals surface area (Å²) in [5, 5.41) is 16.3. The number of sulfone groups is 1. The monoisotopic (exact) mass is 321 g/mol. The largest absolute Gasteiger partial charge is 0.241 e. The molecule has 21 heavy (non-hydrogen) atoms. The lowest BCUT2D eigenvalue weighted by Crippen LogP contribution is -2.02. The Morgan fingerprint density at radius 2 is 2.10 bits per heavy atom. The fourth-order valence-electron chi connectivity index (χ4n) is 1.99. The molecule has 0 aliphatic rings. The molecule has 0 saturated carbocycles. The van der Waals surface area contributed by atoms with E-state index in [1.165, 1.54) is 17.4 Å². The second-order valence-corrected chi connectivity index (χ2v) is 7.32. The Balaban J connectivity index is 2.36. The van der Waals surface area contributed by atoms with Gasteiger partial charge in [-0.25, -0.2) is 13.4 Å². The Labute approximate surface area is 125 Å². The predicted molar refractivity (Wildman–Crippen MR) is 78.6 cm³/mol. The van der Waals surface area contributed by atoms with Gasteiger partial charge < -0.3 is 0 Å². The number of aromatic amines is 1. The first-order valence-corrected chi connectivity index (χ1v) is 8.73. The zero-order valence-electron chi connectivity index (χ0n) is 11.2. The molecule has 2 heterocycles. The molecular formula is C12H11N5O2S2. The van der Waals surface area contributed by atoms with Gasteiger partial charge in [0.2, 0.25) is 5.82 Å². The second-order valence-electron chi connectivity index (χ2n) is 4.48. The van der Waals surface area contributed by atoms with Crippen LogP contribution in [0.5, 0.6) is 0 Å². The third-order valence-corrected chi connectivity index (χ3v) is 4.98. The van der Waals surface area contributed by atoms with Crippen LogP contribution < -0.4 is 0 Å². The van der Waals surface area contributed by atoms with E-state index in [0.717, 1.165) is 17.0 Å². The standard InChI is InChI=1S/C12H11N5O2S2/c1-7-6-20-12(13-7)8-4-3-5-9(21(2,18)19)10(8)11-14-16-17-15-11/h3-6H,1-2H3,(H,14,15,16,17). The summed E-state index contributed by atoms with van der Waals surface area (Å²) in [4.78, 5) is 4.57. The van der Waals surface area contributed by atoms with Crippen molar-refractivity contribution in [2.45, 2.75) is 11.8 Å². The van der Waals surface area contributed by atoms with E-state index in [0.29, 0.717) is 11.1 Å². The first-order chi connectivity index (χ1) is 9.97. The SMILES string of the molecule is Cc1csc(-c2cccc(S(C)(=O)=O)c2-c2nn[nH]n2)n1. The number of hydrogen-bond donors (Lipinski definition) is 1. The van der Waals surface area contributed by atoms with Gasteiger partial charge in [-0.05, 0) is 18.2 Å². The maximum Gasteiger partial charge on any atom is 0.206 e. The molecule has 2 aromatic heterocycles. The van der Waals surface area contributed by atoms with Crippen molar-refractivity contribution in [1.29, 1.82) is 0 Å². The number of tetrazole rings is 1. The molecule has 3 aromatic rings. The molecule has 1 N–H and O–H groups in total. The zero-order valence-corrected chi connectivity index (χ0v) is 12.9. The molecule has 0 spiro atoms. The van der Waals surface area contributed by atoms with Crippen LogP contribution in [0.25, 0.3) is 22.0 Å². The summed E-state index contributed by atoms with van der Waals surface area (Å²) in [6, 6.07) is 5.02. The Morgan fingerprint density at radius 1 is 1.29 bits per heavy atom. The van der Waals surface area contributed by atoms with E-state index >= 15 is 0 Å². The van der Waals surface area contributed by atoms with Gasteiger partial charge in [0.1, 0.15) is 5.01 Å². The van der Waals surface area contributed by atoms with Gasteiger partial charge in [-0.1, -0.05) is 12.1 Å². The fourth-order valence-corrected chi connectivity index (χ4v) is 3.72. The van der Waals surface area contributed by atoms with Gasteiger partial charge in [0.25, 0.3) is 0 Å². The van der Waals surface area contributed by atoms with Crippen molar-refractivity contribution < 1.29 is 8.42 Å². The van der Waals surface area contributed by atoms with Crippen LogP contribution in [0.3, 0.4) is 0 Å². The lowest BCUT2D eigenvalue weighted by molar-refractivity contribution is 0.602. The van der Waals surface area contributed by atoms with E-state index in [-0.39, 0.29) is 10.7 Å². The van der Waals surface area contributed by atoms with Gasteiger partial charge in [-0.15, -0.1) is 21.5 Å². The molecule has 0 bridgehead atoms. The van der Waals surface area contributed by atoms with Gasteiger partial charge in [-0.3, -0.25) is 0 Å². The first kappa shape index (κ1) is 13.8. The molecule has 1 aromatic carbocycles. The molecule has 0 aliphatic carbocycles. The molecular weight excluding hydrogens is 310 g/mol. The number of benzene rings is 1. The number of aryl methyl sites for hydroxylation is 1. The van der Waals surface area contributed by atoms with E-state index in [1.807, 2.05) is 12.3 Å². The highest BCUT2D eigenvalue weighted by Crippen LogP contribution is 2.36. The van der Waals surface area contributed by atoms with Gasteiger partial charge >= 0.3 is 0 Å². The number of nitrogens with one attached hydrogen (secondary N) is 1. The second kappa shape index (κ2) is 5.01. The normalized spacial score (nSPS) is 11.7. The highest BCUT2D eigenvalue weighted by atomic mass is 32.2. The quantitative estimate of drug-likeness (QED) is 0.788. The van der Waals surface area contributed by atoms with E-state index in [2.05, 4.69) is 25.6 Å². The number of rotatable bonds is 3. The van der Waals surface area contributed by atoms with Crippen LogP contribution in [0.4, 0.5) is 0 Å². The summed E-state index contributed by atoms with van der Waals surface area (Å²) in [6.45, 7) is 1.88. The summed E-state index contributed by atoms with van der Waals surface area (Å²) < 4.78 is 24.1. The number of aromatic nitrogens is 5. The highest BCUT2D eigenvalue weighted by Gasteiger charge is 2.22. The average Bonchev–Trinajstić information content (AvgIpc) is 3.07. The van der Waals surface area contributed by atoms with Gasteiger partial charge in [0.15, 0.2) is 9.84 Å². The third-order valence-electron chi connectivity index (χ3n) is 2.84. The van der Waals surface area contributed by atoms with Crippen molar-refractivity contribution in [3.8, 4) is 22.0 Å². The minimum absolute atomic E-state index is 0.161. The Kier molecular flexibility index (Phi) is 3.30. The molecule has 0 atom stereocenters. The minimum atomic E-state index is -3.43. The maximum atomic E-state index is 12.0. The molecule has 0 saturated heterocycles. The van der Waals surface area contributed by atoms with Crippen molar-refractivity contribution in [3.05, 3.63) is 29.3 Å². The Morgan fingerprint density at radius 3 is 2.67 bits per heavy atom. The smallest absolute Gasteiger partial charge is 0.206 e. The van der Waals surface area contributed by atoms with Crippen LogP contribution in [-0.4, -0.2) is 40.3 Å². The number of hydrogen-bond acceptors (Lipinski definition) is 7. The molecule has 9 heteroatoms. The predicted octanol–water partition coefficient (Wildman–Crippen LogP) is 1.70. The highest BCUT2D eigenvalue weighted by molar-refractivity contribution is 7.90. The zero-order chi connectivity index (χ0) is 15.0. The van der Waals surface area contributed by atoms with E-state index in [9.17, 15) is 8.42 Å². The summed E-state index contributed by atoms with van der Waals surface area (Å²) in [7, 11) is -3.43. The van der Waals surface area contributed by atoms with Crippen LogP contribution in [0.2, 0.25) is 0 Å². The molecule has 0 amide bonds. The molecule has 7 nitrogen and oxygen atoms in total. The first-order valence-electron chi connectivity index (χ1n) is 5.96. The van der Waals surface area contributed by atoms with Crippen LogP contribution >= 0.6 is 11.3 Å². The third kappa shape index (κ3) is 2.57. The van der Waals surface area contributed by atoms with E-state index < -0.39 is 9.84 Å². The molecule has 0 aliphatic heterocycles. The number of thiazole rings is 1. The summed E-state index contributed by atoms with van der Waals surface area (Å²) in [6.07, 6.45) is 1.16. The van der Waals surface area contributed by atoms with E-state index in [1.54, 1.807) is 12.1 Å². The Bertz CT molecular complexity index is 884. The fraction of sp³-hybridized carbons (Fsp3) is 0.167. The van der Waals surface area contributed by atoms with Crippen LogP contribution in [0.15, 0.2) is 28.5 Å². The summed E-state index contributed by atoms with van der Waals surface area (Å²) >= 11 is 1.44. The maximum absolute atomic E-state index is 12.0. The van der Waals surface area contributed by atoms with Crippen LogP contribution in [-0.2, 0) is 9.84 Å². The van der Waals surface area contributed by atoms with Crippen molar-refractivity contribution in [2.24, 2.45) is 0 Å². The van der Waals surface area contributed by atoms with E-state index in [4.69, 9.17) is 0 Å². The lowest BCUT2D eigenvalue weighted by atomic mass is 10.1. The average molecular weight is 321 g/mol. The molecule has 0 unspecified atom stereocenters. The van der Waals surface area contributed by atoms with Gasteiger partial charge in [-0.2, -0.15) is 5.21 Å². The lowest BCUT2D eigenvalue weighted by Gasteiger charge is -2.09. The van der Waals surface area contributed by atoms with Crippen LogP contribution in [0.1, 0.15) is 5.69 Å². The van der Waals surface area contributed by atoms with Crippen molar-refractivity contribution in [3.63, 3.8) is 0 Å². The molecule has 0 radical (unpaired) electrons. The molecule has 108 valence electrons. The summed E-state index contributed by atoms with van der Waals surface area (Å²) in [5.74, 6) is 0.235. The van der Waals surface area contributed by atoms with Crippen molar-refractivity contribution in [2.75, 3.05) is 6.26 Å². The van der Waals surface area contributed by atoms with Crippen molar-refractivity contribution in [1.82, 2.24) is 25.6 Å². The van der Waals surface area contributed by atoms with Crippen LogP contribution in [0, 0.1) is 6.92 Å². The summed E-state index contributed by atoms with van der Waals surface area (Å²) in [5.41, 5.74) is 1.97. The molecule has 0 fully saturated rings. The number of H-pyrrole nitrogens is 1. The van der Waals surface area contributed by atoms with Gasteiger partial charge in [0.05, 0.1) is 10.5 Å². The Hall–Kier alpha value is -2.13. The topological polar surface area (TPSA) is 101 Å². The van der Waals surface area contributed by atoms with Gasteiger partial charge in [0, 0.05) is 22.9 Å². The minimum Gasteiger partial charge on any atom is -0.241 e.